The lowest BCUT2D eigenvalue weighted by atomic mass is 10.2. The molecule has 1 unspecified atom stereocenters. The maximum atomic E-state index is 5.46. The van der Waals surface area contributed by atoms with Crippen molar-refractivity contribution in [1.82, 2.24) is 5.32 Å². The number of thiophene rings is 2. The van der Waals surface area contributed by atoms with Gasteiger partial charge in [0.1, 0.15) is 5.75 Å². The van der Waals surface area contributed by atoms with Crippen LogP contribution in [0.25, 0.3) is 0 Å². The van der Waals surface area contributed by atoms with E-state index in [1.165, 1.54) is 9.75 Å². The number of nitrogens with one attached hydrogen (secondary N) is 1. The predicted molar refractivity (Wildman–Crippen MR) is 90.7 cm³/mol. The van der Waals surface area contributed by atoms with Crippen LogP contribution in [0.4, 0.5) is 0 Å². The number of halogens is 2. The zero-order chi connectivity index (χ0) is 13.8. The zero-order valence-electron chi connectivity index (χ0n) is 10.7. The largest absolute Gasteiger partial charge is 0.496 e. The van der Waals surface area contributed by atoms with E-state index in [0.29, 0.717) is 0 Å². The van der Waals surface area contributed by atoms with Gasteiger partial charge in [-0.3, -0.25) is 0 Å². The molecule has 0 aromatic carbocycles. The van der Waals surface area contributed by atoms with Crippen LogP contribution in [-0.2, 0) is 0 Å². The molecule has 2 aromatic rings. The molecule has 19 heavy (non-hydrogen) atoms. The molecule has 0 bridgehead atoms. The van der Waals surface area contributed by atoms with Crippen molar-refractivity contribution >= 4 is 54.5 Å². The van der Waals surface area contributed by atoms with Gasteiger partial charge in [-0.2, -0.15) is 0 Å². The second kappa shape index (κ2) is 7.22. The molecule has 2 rings (SSSR count). The summed E-state index contributed by atoms with van der Waals surface area (Å²) < 4.78 is 7.69. The van der Waals surface area contributed by atoms with Crippen LogP contribution in [0.15, 0.2) is 25.8 Å². The summed E-state index contributed by atoms with van der Waals surface area (Å²) in [6.45, 7) is 3.16. The van der Waals surface area contributed by atoms with Crippen molar-refractivity contribution in [3.8, 4) is 5.75 Å². The molecule has 0 saturated heterocycles. The molecule has 0 aliphatic carbocycles. The summed E-state index contributed by atoms with van der Waals surface area (Å²) in [6, 6.07) is 4.39. The van der Waals surface area contributed by atoms with Gasteiger partial charge in [-0.1, -0.05) is 6.92 Å². The first-order valence-corrected chi connectivity index (χ1v) is 9.25. The van der Waals surface area contributed by atoms with Gasteiger partial charge in [0.05, 0.1) is 21.8 Å². The summed E-state index contributed by atoms with van der Waals surface area (Å²) in [5.74, 6) is 0.958. The van der Waals surface area contributed by atoms with Gasteiger partial charge in [-0.25, -0.2) is 0 Å². The van der Waals surface area contributed by atoms with E-state index >= 15 is 0 Å². The summed E-state index contributed by atoms with van der Waals surface area (Å²) in [7, 11) is 1.72. The third kappa shape index (κ3) is 3.61. The van der Waals surface area contributed by atoms with E-state index in [2.05, 4.69) is 55.5 Å². The quantitative estimate of drug-likeness (QED) is 0.667. The smallest absolute Gasteiger partial charge is 0.134 e. The molecule has 0 amide bonds. The number of rotatable bonds is 6. The Kier molecular flexibility index (Phi) is 5.89. The second-order valence-electron chi connectivity index (χ2n) is 4.01. The minimum atomic E-state index is 0.197. The molecule has 0 aliphatic rings. The Labute approximate surface area is 138 Å². The van der Waals surface area contributed by atoms with Crippen LogP contribution in [-0.4, -0.2) is 13.7 Å². The van der Waals surface area contributed by atoms with Gasteiger partial charge in [-0.05, 0) is 62.3 Å². The zero-order valence-corrected chi connectivity index (χ0v) is 15.5. The molecule has 0 spiro atoms. The summed E-state index contributed by atoms with van der Waals surface area (Å²) in [4.78, 5) is 2.52. The van der Waals surface area contributed by atoms with Crippen LogP contribution in [0.3, 0.4) is 0 Å². The summed E-state index contributed by atoms with van der Waals surface area (Å²) in [5.41, 5.74) is 0. The third-order valence-corrected chi connectivity index (χ3v) is 6.97. The standard InChI is InChI=1S/C13H15Br2NOS2/c1-3-5-16-11(10-7-8(14)13(15)19-10)12-9(17-2)4-6-18-12/h4,6-7,11,16H,3,5H2,1-2H3. The number of methoxy groups -OCH3 is 1. The predicted octanol–water partition coefficient (Wildman–Crippen LogP) is 5.43. The Morgan fingerprint density at radius 1 is 1.42 bits per heavy atom. The van der Waals surface area contributed by atoms with E-state index in [0.717, 1.165) is 27.0 Å². The minimum Gasteiger partial charge on any atom is -0.496 e. The van der Waals surface area contributed by atoms with E-state index in [1.807, 2.05) is 6.07 Å². The third-order valence-electron chi connectivity index (χ3n) is 2.69. The van der Waals surface area contributed by atoms with Gasteiger partial charge in [0, 0.05) is 9.35 Å². The first kappa shape index (κ1) is 15.5. The van der Waals surface area contributed by atoms with E-state index < -0.39 is 0 Å². The lowest BCUT2D eigenvalue weighted by Gasteiger charge is -2.17. The molecule has 0 aliphatic heterocycles. The molecule has 0 fully saturated rings. The Balaban J connectivity index is 2.35. The molecule has 1 N–H and O–H groups in total. The molecule has 0 radical (unpaired) electrons. The molecular weight excluding hydrogens is 410 g/mol. The molecule has 2 heterocycles. The van der Waals surface area contributed by atoms with Crippen LogP contribution in [0.2, 0.25) is 0 Å². The first-order chi connectivity index (χ1) is 9.17. The lowest BCUT2D eigenvalue weighted by molar-refractivity contribution is 0.407. The van der Waals surface area contributed by atoms with Gasteiger partial charge in [0.2, 0.25) is 0 Å². The summed E-state index contributed by atoms with van der Waals surface area (Å²) in [6.07, 6.45) is 1.11. The van der Waals surface area contributed by atoms with Gasteiger partial charge >= 0.3 is 0 Å². The number of hydrogen-bond donors (Lipinski definition) is 1. The minimum absolute atomic E-state index is 0.197. The molecule has 6 heteroatoms. The second-order valence-corrected chi connectivity index (χ2v) is 8.21. The summed E-state index contributed by atoms with van der Waals surface area (Å²) >= 11 is 10.6. The van der Waals surface area contributed by atoms with E-state index in [4.69, 9.17) is 4.74 Å². The van der Waals surface area contributed by atoms with Crippen LogP contribution >= 0.6 is 54.5 Å². The maximum Gasteiger partial charge on any atom is 0.134 e. The SMILES string of the molecule is CCCNC(c1cc(Br)c(Br)s1)c1sccc1OC. The van der Waals surface area contributed by atoms with Gasteiger partial charge in [0.25, 0.3) is 0 Å². The average molecular weight is 425 g/mol. The van der Waals surface area contributed by atoms with Crippen LogP contribution in [0.5, 0.6) is 5.75 Å². The Hall–Kier alpha value is 0.120. The summed E-state index contributed by atoms with van der Waals surface area (Å²) in [5, 5.41) is 5.68. The molecule has 2 nitrogen and oxygen atoms in total. The highest BCUT2D eigenvalue weighted by Gasteiger charge is 2.21. The van der Waals surface area contributed by atoms with Crippen molar-refractivity contribution in [2.75, 3.05) is 13.7 Å². The maximum absolute atomic E-state index is 5.46. The monoisotopic (exact) mass is 423 g/mol. The highest BCUT2D eigenvalue weighted by atomic mass is 79.9. The van der Waals surface area contributed by atoms with Gasteiger partial charge in [0.15, 0.2) is 0 Å². The van der Waals surface area contributed by atoms with Crippen molar-refractivity contribution in [2.45, 2.75) is 19.4 Å². The molecular formula is C13H15Br2NOS2. The van der Waals surface area contributed by atoms with Crippen molar-refractivity contribution in [2.24, 2.45) is 0 Å². The van der Waals surface area contributed by atoms with E-state index in [-0.39, 0.29) is 6.04 Å². The lowest BCUT2D eigenvalue weighted by Crippen LogP contribution is -2.21. The Morgan fingerprint density at radius 3 is 2.79 bits per heavy atom. The Bertz CT molecular complexity index is 519. The van der Waals surface area contributed by atoms with Crippen LogP contribution in [0, 0.1) is 0 Å². The molecule has 1 atom stereocenters. The topological polar surface area (TPSA) is 21.3 Å². The van der Waals surface area contributed by atoms with Gasteiger partial charge in [-0.15, -0.1) is 22.7 Å². The Morgan fingerprint density at radius 2 is 2.21 bits per heavy atom. The van der Waals surface area contributed by atoms with Crippen LogP contribution < -0.4 is 10.1 Å². The molecule has 0 saturated carbocycles. The van der Waals surface area contributed by atoms with Crippen molar-refractivity contribution < 1.29 is 4.74 Å². The van der Waals surface area contributed by atoms with Gasteiger partial charge < -0.3 is 10.1 Å². The number of hydrogen-bond acceptors (Lipinski definition) is 4. The van der Waals surface area contributed by atoms with Crippen molar-refractivity contribution in [1.29, 1.82) is 0 Å². The van der Waals surface area contributed by atoms with Crippen LogP contribution in [0.1, 0.15) is 29.1 Å². The first-order valence-electron chi connectivity index (χ1n) is 5.96. The highest BCUT2D eigenvalue weighted by molar-refractivity contribution is 9.13. The van der Waals surface area contributed by atoms with E-state index in [9.17, 15) is 0 Å². The highest BCUT2D eigenvalue weighted by Crippen LogP contribution is 2.41. The fourth-order valence-corrected chi connectivity index (χ4v) is 5.01. The van der Waals surface area contributed by atoms with E-state index in [1.54, 1.807) is 29.8 Å². The molecule has 104 valence electrons. The average Bonchev–Trinajstić information content (AvgIpc) is 2.98. The van der Waals surface area contributed by atoms with Crippen molar-refractivity contribution in [3.05, 3.63) is 35.5 Å². The number of ether oxygens (including phenoxy) is 1. The normalized spacial score (nSPS) is 12.6. The van der Waals surface area contributed by atoms with Crippen molar-refractivity contribution in [3.63, 3.8) is 0 Å². The fraction of sp³-hybridized carbons (Fsp3) is 0.385. The fourth-order valence-electron chi connectivity index (χ4n) is 1.81. The molecule has 2 aromatic heterocycles.